The van der Waals surface area contributed by atoms with Crippen molar-refractivity contribution >= 4 is 29.3 Å². The van der Waals surface area contributed by atoms with Crippen LogP contribution in [0.15, 0.2) is 53.4 Å². The monoisotopic (exact) mass is 452 g/mol. The average Bonchev–Trinajstić information content (AvgIpc) is 3.44. The lowest BCUT2D eigenvalue weighted by atomic mass is 10.0. The lowest BCUT2D eigenvalue weighted by Crippen LogP contribution is -2.43. The Kier molecular flexibility index (Phi) is 7.25. The number of nitrogens with zero attached hydrogens (tertiary/aromatic N) is 2. The normalized spacial score (nSPS) is 25.3. The molecule has 4 atom stereocenters. The molecule has 2 aliphatic carbocycles. The van der Waals surface area contributed by atoms with Gasteiger partial charge in [0.2, 0.25) is 5.91 Å². The predicted molar refractivity (Wildman–Crippen MR) is 127 cm³/mol. The molecule has 162 valence electrons. The molecule has 2 fully saturated rings. The molecule has 31 heavy (non-hydrogen) atoms. The van der Waals surface area contributed by atoms with Crippen molar-refractivity contribution in [3.8, 4) is 6.07 Å². The average molecular weight is 453 g/mol. The van der Waals surface area contributed by atoms with Gasteiger partial charge in [0.15, 0.2) is 0 Å². The van der Waals surface area contributed by atoms with Crippen LogP contribution in [0, 0.1) is 30.1 Å². The van der Waals surface area contributed by atoms with Crippen LogP contribution in [0.2, 0.25) is 5.02 Å². The van der Waals surface area contributed by atoms with Gasteiger partial charge in [-0.15, -0.1) is 11.8 Å². The van der Waals surface area contributed by atoms with Crippen LogP contribution < -0.4 is 0 Å². The summed E-state index contributed by atoms with van der Waals surface area (Å²) in [6.07, 6.45) is 5.72. The van der Waals surface area contributed by atoms with E-state index in [2.05, 4.69) is 42.2 Å². The first-order valence-electron chi connectivity index (χ1n) is 11.2. The predicted octanol–water partition coefficient (Wildman–Crippen LogP) is 6.63. The first-order valence-corrected chi connectivity index (χ1v) is 12.5. The van der Waals surface area contributed by atoms with Gasteiger partial charge in [-0.05, 0) is 68.9 Å². The van der Waals surface area contributed by atoms with Crippen LogP contribution in [0.1, 0.15) is 49.7 Å². The van der Waals surface area contributed by atoms with Gasteiger partial charge < -0.3 is 4.90 Å². The van der Waals surface area contributed by atoms with Crippen molar-refractivity contribution in [1.29, 1.82) is 5.26 Å². The number of nitriles is 1. The standard InChI is InChI=1S/C26H29ClN2OS/c1-18-5-13-23(14-6-18)31-25-4-2-3-24(25)26(30)29(22-12-9-20(15-22)16-28)17-19-7-10-21(27)11-8-19/h5-8,10-11,13-14,20,22,24-25H,2-4,9,12,15,17H2,1H3/t20-,22+,24+,25+/m0/s1. The third-order valence-electron chi connectivity index (χ3n) is 6.66. The second kappa shape index (κ2) is 10.1. The Morgan fingerprint density at radius 1 is 1.10 bits per heavy atom. The molecular formula is C26H29ClN2OS. The zero-order valence-electron chi connectivity index (χ0n) is 18.0. The number of amides is 1. The molecule has 2 aliphatic rings. The molecule has 2 aromatic carbocycles. The van der Waals surface area contributed by atoms with Crippen LogP contribution in [-0.4, -0.2) is 22.1 Å². The minimum absolute atomic E-state index is 0.0414. The largest absolute Gasteiger partial charge is 0.335 e. The van der Waals surface area contributed by atoms with Crippen molar-refractivity contribution in [2.75, 3.05) is 0 Å². The van der Waals surface area contributed by atoms with Gasteiger partial charge in [-0.3, -0.25) is 4.79 Å². The zero-order chi connectivity index (χ0) is 21.8. The molecule has 0 N–H and O–H groups in total. The highest BCUT2D eigenvalue weighted by atomic mass is 35.5. The number of aryl methyl sites for hydroxylation is 1. The van der Waals surface area contributed by atoms with Crippen LogP contribution in [-0.2, 0) is 11.3 Å². The molecule has 0 unspecified atom stereocenters. The minimum Gasteiger partial charge on any atom is -0.335 e. The van der Waals surface area contributed by atoms with Crippen molar-refractivity contribution in [3.63, 3.8) is 0 Å². The summed E-state index contributed by atoms with van der Waals surface area (Å²) >= 11 is 7.92. The molecule has 0 aromatic heterocycles. The smallest absolute Gasteiger partial charge is 0.227 e. The highest BCUT2D eigenvalue weighted by Gasteiger charge is 2.40. The van der Waals surface area contributed by atoms with Crippen LogP contribution in [0.3, 0.4) is 0 Å². The summed E-state index contributed by atoms with van der Waals surface area (Å²) in [5.74, 6) is 0.368. The second-order valence-corrected chi connectivity index (χ2v) is 10.6. The molecule has 0 radical (unpaired) electrons. The van der Waals surface area contributed by atoms with Crippen LogP contribution in [0.5, 0.6) is 0 Å². The third-order valence-corrected chi connectivity index (χ3v) is 8.32. The summed E-state index contributed by atoms with van der Waals surface area (Å²) in [4.78, 5) is 17.2. The summed E-state index contributed by atoms with van der Waals surface area (Å²) in [7, 11) is 0. The molecule has 0 bridgehead atoms. The van der Waals surface area contributed by atoms with Crippen molar-refractivity contribution in [2.24, 2.45) is 11.8 Å². The van der Waals surface area contributed by atoms with Gasteiger partial charge in [0.25, 0.3) is 0 Å². The van der Waals surface area contributed by atoms with E-state index in [1.807, 2.05) is 36.0 Å². The first-order chi connectivity index (χ1) is 15.0. The Morgan fingerprint density at radius 2 is 1.84 bits per heavy atom. The number of hydrogen-bond acceptors (Lipinski definition) is 3. The lowest BCUT2D eigenvalue weighted by molar-refractivity contribution is -0.138. The molecule has 2 saturated carbocycles. The Morgan fingerprint density at radius 3 is 2.52 bits per heavy atom. The van der Waals surface area contributed by atoms with Gasteiger partial charge in [-0.1, -0.05) is 47.9 Å². The van der Waals surface area contributed by atoms with E-state index < -0.39 is 0 Å². The highest BCUT2D eigenvalue weighted by Crippen LogP contribution is 2.41. The SMILES string of the molecule is Cc1ccc(S[C@@H]2CCC[C@H]2C(=O)N(Cc2ccc(Cl)cc2)[C@@H]2CC[C@H](C#N)C2)cc1. The van der Waals surface area contributed by atoms with Crippen LogP contribution in [0.4, 0.5) is 0 Å². The van der Waals surface area contributed by atoms with Crippen molar-refractivity contribution in [2.45, 2.75) is 68.2 Å². The number of halogens is 1. The summed E-state index contributed by atoms with van der Waals surface area (Å²) in [5.41, 5.74) is 2.35. The Labute approximate surface area is 194 Å². The van der Waals surface area contributed by atoms with Crippen molar-refractivity contribution in [3.05, 3.63) is 64.7 Å². The topological polar surface area (TPSA) is 44.1 Å². The fraction of sp³-hybridized carbons (Fsp3) is 0.462. The summed E-state index contributed by atoms with van der Waals surface area (Å²) in [5, 5.41) is 10.4. The van der Waals surface area contributed by atoms with Gasteiger partial charge in [0.1, 0.15) is 0 Å². The van der Waals surface area contributed by atoms with Crippen LogP contribution >= 0.6 is 23.4 Å². The number of benzene rings is 2. The zero-order valence-corrected chi connectivity index (χ0v) is 19.5. The number of thioether (sulfide) groups is 1. The van der Waals surface area contributed by atoms with Crippen molar-refractivity contribution < 1.29 is 4.79 Å². The Hall–Kier alpha value is -1.96. The summed E-state index contributed by atoms with van der Waals surface area (Å²) in [6.45, 7) is 2.69. The Bertz CT molecular complexity index is 937. The van der Waals surface area contributed by atoms with E-state index in [0.717, 1.165) is 44.1 Å². The van der Waals surface area contributed by atoms with E-state index in [1.54, 1.807) is 0 Å². The molecule has 0 heterocycles. The summed E-state index contributed by atoms with van der Waals surface area (Å²) in [6, 6.07) is 19.0. The third kappa shape index (κ3) is 5.45. The van der Waals surface area contributed by atoms with E-state index in [9.17, 15) is 10.1 Å². The van der Waals surface area contributed by atoms with E-state index >= 15 is 0 Å². The van der Waals surface area contributed by atoms with E-state index in [1.165, 1.54) is 10.5 Å². The number of carbonyl (C=O) groups is 1. The fourth-order valence-electron chi connectivity index (χ4n) is 4.89. The Balaban J connectivity index is 1.52. The van der Waals surface area contributed by atoms with Gasteiger partial charge in [-0.25, -0.2) is 0 Å². The molecule has 3 nitrogen and oxygen atoms in total. The molecular weight excluding hydrogens is 424 g/mol. The van der Waals surface area contributed by atoms with Gasteiger partial charge in [-0.2, -0.15) is 5.26 Å². The number of rotatable bonds is 6. The van der Waals surface area contributed by atoms with Crippen LogP contribution in [0.25, 0.3) is 0 Å². The van der Waals surface area contributed by atoms with Gasteiger partial charge >= 0.3 is 0 Å². The lowest BCUT2D eigenvalue weighted by Gasteiger charge is -2.33. The maximum absolute atomic E-state index is 13.9. The number of carbonyl (C=O) groups excluding carboxylic acids is 1. The first kappa shape index (κ1) is 22.2. The van der Waals surface area contributed by atoms with E-state index in [0.29, 0.717) is 16.8 Å². The molecule has 0 aliphatic heterocycles. The molecule has 0 saturated heterocycles. The van der Waals surface area contributed by atoms with Gasteiger partial charge in [0, 0.05) is 33.7 Å². The molecule has 1 amide bonds. The van der Waals surface area contributed by atoms with E-state index in [4.69, 9.17) is 11.6 Å². The number of hydrogen-bond donors (Lipinski definition) is 0. The quantitative estimate of drug-likeness (QED) is 0.494. The highest BCUT2D eigenvalue weighted by molar-refractivity contribution is 8.00. The minimum atomic E-state index is 0.0414. The second-order valence-electron chi connectivity index (χ2n) is 8.89. The molecule has 0 spiro atoms. The maximum Gasteiger partial charge on any atom is 0.227 e. The summed E-state index contributed by atoms with van der Waals surface area (Å²) < 4.78 is 0. The maximum atomic E-state index is 13.9. The molecule has 2 aromatic rings. The molecule has 4 rings (SSSR count). The molecule has 5 heteroatoms. The fourth-order valence-corrected chi connectivity index (χ4v) is 6.36. The van der Waals surface area contributed by atoms with E-state index in [-0.39, 0.29) is 23.8 Å². The van der Waals surface area contributed by atoms with Gasteiger partial charge in [0.05, 0.1) is 12.0 Å². The van der Waals surface area contributed by atoms with Crippen molar-refractivity contribution in [1.82, 2.24) is 4.90 Å².